The van der Waals surface area contributed by atoms with E-state index in [9.17, 15) is 31.1 Å². The van der Waals surface area contributed by atoms with Crippen molar-refractivity contribution in [1.82, 2.24) is 19.9 Å². The molecule has 1 atom stereocenters. The molecule has 36 heavy (non-hydrogen) atoms. The Labute approximate surface area is 201 Å². The lowest BCUT2D eigenvalue weighted by molar-refractivity contribution is -0.137. The van der Waals surface area contributed by atoms with E-state index in [1.807, 2.05) is 12.4 Å². The summed E-state index contributed by atoms with van der Waals surface area (Å²) >= 11 is 0. The predicted octanol–water partition coefficient (Wildman–Crippen LogP) is 5.35. The molecule has 2 aromatic heterocycles. The number of piperidine rings is 1. The van der Waals surface area contributed by atoms with Gasteiger partial charge in [0.1, 0.15) is 11.1 Å². The van der Waals surface area contributed by atoms with Crippen LogP contribution in [0.5, 0.6) is 0 Å². The van der Waals surface area contributed by atoms with E-state index in [2.05, 4.69) is 29.9 Å². The smallest absolute Gasteiger partial charge is 0.420 e. The zero-order valence-corrected chi connectivity index (χ0v) is 19.1. The SMILES string of the molecule is COC(=O)Nc1ccc2c(-c3nc(N[C@H]4CCCN(C)C4)ncc3C(F)(F)F)c[nH]c2c1C(F)(F)F. The Morgan fingerprint density at radius 1 is 1.19 bits per heavy atom. The van der Waals surface area contributed by atoms with E-state index >= 15 is 0 Å². The fourth-order valence-electron chi connectivity index (χ4n) is 4.29. The Bertz CT molecular complexity index is 1270. The molecule has 1 saturated heterocycles. The van der Waals surface area contributed by atoms with Crippen LogP contribution < -0.4 is 10.6 Å². The van der Waals surface area contributed by atoms with Crippen molar-refractivity contribution in [2.45, 2.75) is 31.2 Å². The molecular formula is C22H22F6N6O2. The lowest BCUT2D eigenvalue weighted by Crippen LogP contribution is -2.40. The number of benzene rings is 1. The monoisotopic (exact) mass is 516 g/mol. The number of aromatic nitrogens is 3. The second-order valence-electron chi connectivity index (χ2n) is 8.43. The molecule has 3 N–H and O–H groups in total. The van der Waals surface area contributed by atoms with Crippen LogP contribution in [0.15, 0.2) is 24.5 Å². The lowest BCUT2D eigenvalue weighted by Gasteiger charge is -2.30. The number of hydrogen-bond donors (Lipinski definition) is 3. The fourth-order valence-corrected chi connectivity index (χ4v) is 4.29. The predicted molar refractivity (Wildman–Crippen MR) is 119 cm³/mol. The van der Waals surface area contributed by atoms with Crippen LogP contribution in [0.3, 0.4) is 0 Å². The number of rotatable bonds is 4. The number of nitrogens with zero attached hydrogens (tertiary/aromatic N) is 3. The molecule has 3 heterocycles. The normalized spacial score (nSPS) is 17.3. The van der Waals surface area contributed by atoms with Crippen LogP contribution >= 0.6 is 0 Å². The minimum atomic E-state index is -4.95. The number of methoxy groups -OCH3 is 1. The summed E-state index contributed by atoms with van der Waals surface area (Å²) in [4.78, 5) is 23.9. The van der Waals surface area contributed by atoms with Gasteiger partial charge in [0.25, 0.3) is 0 Å². The number of nitrogens with one attached hydrogen (secondary N) is 3. The van der Waals surface area contributed by atoms with Gasteiger partial charge in [-0.15, -0.1) is 0 Å². The molecule has 4 rings (SSSR count). The fraction of sp³-hybridized carbons (Fsp3) is 0.409. The van der Waals surface area contributed by atoms with Gasteiger partial charge in [-0.1, -0.05) is 6.07 Å². The van der Waals surface area contributed by atoms with Gasteiger partial charge in [-0.25, -0.2) is 14.8 Å². The number of hydrogen-bond acceptors (Lipinski definition) is 6. The maximum atomic E-state index is 13.9. The Balaban J connectivity index is 1.84. The van der Waals surface area contributed by atoms with Crippen LogP contribution in [0.1, 0.15) is 24.0 Å². The summed E-state index contributed by atoms with van der Waals surface area (Å²) in [5.41, 5.74) is -4.35. The van der Waals surface area contributed by atoms with Gasteiger partial charge in [0.15, 0.2) is 0 Å². The van der Waals surface area contributed by atoms with E-state index in [-0.39, 0.29) is 22.9 Å². The number of carbonyl (C=O) groups excluding carboxylic acids is 1. The first-order chi connectivity index (χ1) is 16.9. The van der Waals surface area contributed by atoms with Crippen molar-refractivity contribution in [2.75, 3.05) is 37.9 Å². The highest BCUT2D eigenvalue weighted by Crippen LogP contribution is 2.44. The first kappa shape index (κ1) is 25.5. The molecule has 1 aliphatic rings. The van der Waals surface area contributed by atoms with Crippen LogP contribution in [-0.2, 0) is 17.1 Å². The molecule has 14 heteroatoms. The van der Waals surface area contributed by atoms with Crippen LogP contribution in [-0.4, -0.2) is 59.2 Å². The number of likely N-dealkylation sites (N-methyl/N-ethyl adjacent to an activating group) is 1. The van der Waals surface area contributed by atoms with E-state index in [0.29, 0.717) is 12.7 Å². The molecule has 1 aromatic carbocycles. The number of anilines is 2. The Hall–Kier alpha value is -3.55. The third-order valence-electron chi connectivity index (χ3n) is 5.87. The number of carbonyl (C=O) groups is 1. The van der Waals surface area contributed by atoms with E-state index < -0.39 is 46.5 Å². The molecule has 0 saturated carbocycles. The van der Waals surface area contributed by atoms with Crippen molar-refractivity contribution < 1.29 is 35.9 Å². The highest BCUT2D eigenvalue weighted by Gasteiger charge is 2.39. The molecule has 8 nitrogen and oxygen atoms in total. The average molecular weight is 516 g/mol. The van der Waals surface area contributed by atoms with Gasteiger partial charge in [0.05, 0.1) is 24.0 Å². The van der Waals surface area contributed by atoms with Gasteiger partial charge < -0.3 is 19.9 Å². The Morgan fingerprint density at radius 2 is 1.94 bits per heavy atom. The number of H-pyrrole nitrogens is 1. The number of aromatic amines is 1. The van der Waals surface area contributed by atoms with Gasteiger partial charge in [-0.2, -0.15) is 26.3 Å². The molecule has 0 aliphatic carbocycles. The minimum Gasteiger partial charge on any atom is -0.453 e. The van der Waals surface area contributed by atoms with Crippen molar-refractivity contribution >= 4 is 28.6 Å². The van der Waals surface area contributed by atoms with Gasteiger partial charge >= 0.3 is 18.4 Å². The highest BCUT2D eigenvalue weighted by atomic mass is 19.4. The van der Waals surface area contributed by atoms with Crippen molar-refractivity contribution in [1.29, 1.82) is 0 Å². The van der Waals surface area contributed by atoms with Crippen molar-refractivity contribution in [3.8, 4) is 11.3 Å². The van der Waals surface area contributed by atoms with Gasteiger partial charge in [-0.3, -0.25) is 5.32 Å². The number of likely N-dealkylation sites (tertiary alicyclic amines) is 1. The summed E-state index contributed by atoms with van der Waals surface area (Å²) in [5, 5.41) is 4.85. The minimum absolute atomic E-state index is 0.0623. The van der Waals surface area contributed by atoms with E-state index in [0.717, 1.165) is 38.8 Å². The number of alkyl halides is 6. The summed E-state index contributed by atoms with van der Waals surface area (Å²) in [6, 6.07) is 2.03. The molecule has 3 aromatic rings. The van der Waals surface area contributed by atoms with Crippen LogP contribution in [0, 0.1) is 0 Å². The average Bonchev–Trinajstić information content (AvgIpc) is 3.21. The van der Waals surface area contributed by atoms with Crippen molar-refractivity contribution in [3.63, 3.8) is 0 Å². The van der Waals surface area contributed by atoms with Gasteiger partial charge in [0, 0.05) is 35.9 Å². The Kier molecular flexibility index (Phi) is 6.73. The largest absolute Gasteiger partial charge is 0.453 e. The maximum Gasteiger partial charge on any atom is 0.420 e. The topological polar surface area (TPSA) is 95.2 Å². The van der Waals surface area contributed by atoms with Crippen molar-refractivity contribution in [3.05, 3.63) is 35.7 Å². The van der Waals surface area contributed by atoms with Gasteiger partial charge in [-0.05, 0) is 32.5 Å². The summed E-state index contributed by atoms with van der Waals surface area (Å²) < 4.78 is 87.7. The Morgan fingerprint density at radius 3 is 2.58 bits per heavy atom. The molecule has 1 aliphatic heterocycles. The van der Waals surface area contributed by atoms with Crippen molar-refractivity contribution in [2.24, 2.45) is 0 Å². The summed E-state index contributed by atoms with van der Waals surface area (Å²) in [6.07, 6.45) is -7.65. The zero-order valence-electron chi connectivity index (χ0n) is 19.1. The summed E-state index contributed by atoms with van der Waals surface area (Å²) in [7, 11) is 2.90. The molecule has 1 fully saturated rings. The summed E-state index contributed by atoms with van der Waals surface area (Å²) in [5.74, 6) is -0.0623. The molecule has 0 bridgehead atoms. The molecule has 0 radical (unpaired) electrons. The quantitative estimate of drug-likeness (QED) is 0.405. The highest BCUT2D eigenvalue weighted by molar-refractivity contribution is 6.01. The van der Waals surface area contributed by atoms with Gasteiger partial charge in [0.2, 0.25) is 5.95 Å². The van der Waals surface area contributed by atoms with E-state index in [1.54, 1.807) is 0 Å². The lowest BCUT2D eigenvalue weighted by atomic mass is 10.0. The number of halogens is 6. The standard InChI is InChI=1S/C22H22F6N6O2/c1-34-7-3-4-11(10-34)31-19-30-9-14(21(23,24)25)17(33-19)13-8-29-18-12(13)5-6-15(32-20(35)36-2)16(18)22(26,27)28/h5-6,8-9,11,29H,3-4,7,10H2,1-2H3,(H,32,35)(H,30,31,33)/t11-/m0/s1. The third kappa shape index (κ3) is 5.17. The number of fused-ring (bicyclic) bond motifs is 1. The molecular weight excluding hydrogens is 494 g/mol. The second-order valence-corrected chi connectivity index (χ2v) is 8.43. The summed E-state index contributed by atoms with van der Waals surface area (Å²) in [6.45, 7) is 1.53. The molecule has 194 valence electrons. The zero-order chi connectivity index (χ0) is 26.3. The third-order valence-corrected chi connectivity index (χ3v) is 5.87. The number of ether oxygens (including phenoxy) is 1. The molecule has 0 spiro atoms. The number of amides is 1. The van der Waals surface area contributed by atoms with Crippen LogP contribution in [0.25, 0.3) is 22.2 Å². The van der Waals surface area contributed by atoms with E-state index in [1.165, 1.54) is 6.07 Å². The molecule has 1 amide bonds. The molecule has 0 unspecified atom stereocenters. The second kappa shape index (κ2) is 9.48. The van der Waals surface area contributed by atoms with Crippen LogP contribution in [0.4, 0.5) is 42.8 Å². The van der Waals surface area contributed by atoms with E-state index in [4.69, 9.17) is 0 Å². The first-order valence-electron chi connectivity index (χ1n) is 10.8. The van der Waals surface area contributed by atoms with Crippen LogP contribution in [0.2, 0.25) is 0 Å². The first-order valence-corrected chi connectivity index (χ1v) is 10.8. The maximum absolute atomic E-state index is 13.9.